The second-order valence-electron chi connectivity index (χ2n) is 4.24. The van der Waals surface area contributed by atoms with Crippen molar-refractivity contribution in [2.75, 3.05) is 7.11 Å². The topological polar surface area (TPSA) is 77.1 Å². The first-order valence-electron chi connectivity index (χ1n) is 6.18. The van der Waals surface area contributed by atoms with Crippen molar-refractivity contribution in [2.45, 2.75) is 6.61 Å². The summed E-state index contributed by atoms with van der Waals surface area (Å²) >= 11 is 6.02. The van der Waals surface area contributed by atoms with Crippen LogP contribution in [0.5, 0.6) is 11.5 Å². The predicted molar refractivity (Wildman–Crippen MR) is 81.3 cm³/mol. The lowest BCUT2D eigenvalue weighted by Crippen LogP contribution is -2.14. The Labute approximate surface area is 127 Å². The molecule has 0 aliphatic rings. The molecule has 0 aliphatic carbocycles. The summed E-state index contributed by atoms with van der Waals surface area (Å²) in [7, 11) is 1.52. The van der Waals surface area contributed by atoms with Crippen LogP contribution < -0.4 is 15.2 Å². The maximum absolute atomic E-state index is 8.73. The van der Waals surface area contributed by atoms with E-state index >= 15 is 0 Å². The second kappa shape index (κ2) is 6.85. The number of ether oxygens (including phenoxy) is 2. The minimum atomic E-state index is -0.00887. The molecule has 3 N–H and O–H groups in total. The molecular formula is C15H15ClN2O3. The van der Waals surface area contributed by atoms with Gasteiger partial charge in [0.2, 0.25) is 0 Å². The van der Waals surface area contributed by atoms with Gasteiger partial charge < -0.3 is 20.4 Å². The van der Waals surface area contributed by atoms with Crippen molar-refractivity contribution in [1.82, 2.24) is 0 Å². The van der Waals surface area contributed by atoms with Gasteiger partial charge in [-0.2, -0.15) is 0 Å². The summed E-state index contributed by atoms with van der Waals surface area (Å²) < 4.78 is 10.9. The molecule has 0 atom stereocenters. The number of para-hydroxylation sites is 1. The number of nitrogens with two attached hydrogens (primary N) is 1. The van der Waals surface area contributed by atoms with E-state index in [4.69, 9.17) is 32.0 Å². The van der Waals surface area contributed by atoms with E-state index < -0.39 is 0 Å². The highest BCUT2D eigenvalue weighted by Gasteiger charge is 2.09. The van der Waals surface area contributed by atoms with Crippen LogP contribution in [0.25, 0.3) is 0 Å². The summed E-state index contributed by atoms with van der Waals surface area (Å²) in [6, 6.07) is 12.5. The van der Waals surface area contributed by atoms with Gasteiger partial charge in [0.25, 0.3) is 0 Å². The minimum Gasteiger partial charge on any atom is -0.496 e. The van der Waals surface area contributed by atoms with Crippen LogP contribution in [0, 0.1) is 0 Å². The van der Waals surface area contributed by atoms with Gasteiger partial charge in [0, 0.05) is 0 Å². The predicted octanol–water partition coefficient (Wildman–Crippen LogP) is 3.02. The Bertz CT molecular complexity index is 659. The lowest BCUT2D eigenvalue weighted by Gasteiger charge is -2.11. The molecule has 0 heterocycles. The quantitative estimate of drug-likeness (QED) is 0.385. The van der Waals surface area contributed by atoms with Gasteiger partial charge in [-0.15, -0.1) is 0 Å². The van der Waals surface area contributed by atoms with Crippen molar-refractivity contribution in [1.29, 1.82) is 0 Å². The first-order chi connectivity index (χ1) is 10.2. The van der Waals surface area contributed by atoms with Crippen LogP contribution in [0.4, 0.5) is 0 Å². The standard InChI is InChI=1S/C15H15ClN2O3/c1-20-14-8-10(6-7-11(14)15(17)18-19)9-21-13-5-3-2-4-12(13)16/h2-8,19H,9H2,1H3,(H2,17,18). The molecule has 2 aromatic carbocycles. The van der Waals surface area contributed by atoms with Gasteiger partial charge in [-0.3, -0.25) is 0 Å². The Morgan fingerprint density at radius 1 is 1.24 bits per heavy atom. The van der Waals surface area contributed by atoms with E-state index in [2.05, 4.69) is 5.16 Å². The third-order valence-corrected chi connectivity index (χ3v) is 3.19. The molecule has 0 spiro atoms. The molecule has 0 amide bonds. The number of nitrogens with zero attached hydrogens (tertiary/aromatic N) is 1. The van der Waals surface area contributed by atoms with Crippen molar-refractivity contribution in [3.05, 3.63) is 58.6 Å². The molecule has 5 nitrogen and oxygen atoms in total. The summed E-state index contributed by atoms with van der Waals surface area (Å²) in [5, 5.41) is 12.2. The van der Waals surface area contributed by atoms with E-state index in [1.165, 1.54) is 7.11 Å². The molecule has 0 unspecified atom stereocenters. The number of halogens is 1. The van der Waals surface area contributed by atoms with E-state index in [0.717, 1.165) is 5.56 Å². The largest absolute Gasteiger partial charge is 0.496 e. The van der Waals surface area contributed by atoms with Crippen molar-refractivity contribution in [3.8, 4) is 11.5 Å². The highest BCUT2D eigenvalue weighted by Crippen LogP contribution is 2.25. The molecule has 0 bridgehead atoms. The molecule has 6 heteroatoms. The molecule has 0 radical (unpaired) electrons. The molecule has 0 saturated carbocycles. The minimum absolute atomic E-state index is 0.00887. The van der Waals surface area contributed by atoms with Crippen molar-refractivity contribution in [3.63, 3.8) is 0 Å². The van der Waals surface area contributed by atoms with Crippen molar-refractivity contribution < 1.29 is 14.7 Å². The van der Waals surface area contributed by atoms with Crippen LogP contribution in [0.1, 0.15) is 11.1 Å². The summed E-state index contributed by atoms with van der Waals surface area (Å²) in [5.74, 6) is 1.11. The van der Waals surface area contributed by atoms with E-state index in [-0.39, 0.29) is 5.84 Å². The Hall–Kier alpha value is -2.40. The third-order valence-electron chi connectivity index (χ3n) is 2.88. The summed E-state index contributed by atoms with van der Waals surface area (Å²) in [6.07, 6.45) is 0. The van der Waals surface area contributed by atoms with Gasteiger partial charge in [0.15, 0.2) is 5.84 Å². The Balaban J connectivity index is 2.17. The molecule has 0 aromatic heterocycles. The fraction of sp³-hybridized carbons (Fsp3) is 0.133. The van der Waals surface area contributed by atoms with Gasteiger partial charge in [0.05, 0.1) is 17.7 Å². The molecule has 110 valence electrons. The number of methoxy groups -OCH3 is 1. The molecule has 21 heavy (non-hydrogen) atoms. The Morgan fingerprint density at radius 3 is 2.67 bits per heavy atom. The summed E-state index contributed by atoms with van der Waals surface area (Å²) in [4.78, 5) is 0. The van der Waals surface area contributed by atoms with E-state index in [0.29, 0.717) is 28.7 Å². The highest BCUT2D eigenvalue weighted by molar-refractivity contribution is 6.32. The molecule has 0 fully saturated rings. The van der Waals surface area contributed by atoms with Gasteiger partial charge >= 0.3 is 0 Å². The highest BCUT2D eigenvalue weighted by atomic mass is 35.5. The first-order valence-corrected chi connectivity index (χ1v) is 6.55. The maximum Gasteiger partial charge on any atom is 0.173 e. The summed E-state index contributed by atoms with van der Waals surface area (Å²) in [5.41, 5.74) is 6.97. The smallest absolute Gasteiger partial charge is 0.173 e. The number of hydrogen-bond donors (Lipinski definition) is 2. The first kappa shape index (κ1) is 15.0. The van der Waals surface area contributed by atoms with E-state index in [1.54, 1.807) is 24.3 Å². The van der Waals surface area contributed by atoms with Gasteiger partial charge in [-0.1, -0.05) is 35.0 Å². The van der Waals surface area contributed by atoms with Crippen molar-refractivity contribution in [2.24, 2.45) is 10.9 Å². The van der Waals surface area contributed by atoms with Crippen LogP contribution >= 0.6 is 11.6 Å². The zero-order valence-corrected chi connectivity index (χ0v) is 12.2. The molecule has 2 aromatic rings. The molecular weight excluding hydrogens is 292 g/mol. The van der Waals surface area contributed by atoms with Crippen LogP contribution in [0.3, 0.4) is 0 Å². The fourth-order valence-electron chi connectivity index (χ4n) is 1.81. The normalized spacial score (nSPS) is 11.2. The monoisotopic (exact) mass is 306 g/mol. The SMILES string of the molecule is COc1cc(COc2ccccc2Cl)ccc1/C(N)=N/O. The molecule has 0 saturated heterocycles. The number of benzene rings is 2. The number of oxime groups is 1. The van der Waals surface area contributed by atoms with Crippen LogP contribution in [0.15, 0.2) is 47.6 Å². The average molecular weight is 307 g/mol. The second-order valence-corrected chi connectivity index (χ2v) is 4.65. The van der Waals surface area contributed by atoms with E-state index in [9.17, 15) is 0 Å². The molecule has 0 aliphatic heterocycles. The molecule has 2 rings (SSSR count). The van der Waals surface area contributed by atoms with Gasteiger partial charge in [0.1, 0.15) is 18.1 Å². The number of hydrogen-bond acceptors (Lipinski definition) is 4. The average Bonchev–Trinajstić information content (AvgIpc) is 2.53. The number of rotatable bonds is 5. The fourth-order valence-corrected chi connectivity index (χ4v) is 2.00. The van der Waals surface area contributed by atoms with Crippen molar-refractivity contribution >= 4 is 17.4 Å². The maximum atomic E-state index is 8.73. The lowest BCUT2D eigenvalue weighted by molar-refractivity contribution is 0.305. The Morgan fingerprint density at radius 2 is 2.00 bits per heavy atom. The van der Waals surface area contributed by atoms with Crippen LogP contribution in [-0.2, 0) is 6.61 Å². The van der Waals surface area contributed by atoms with Crippen LogP contribution in [0.2, 0.25) is 5.02 Å². The zero-order chi connectivity index (χ0) is 15.2. The third kappa shape index (κ3) is 3.58. The Kier molecular flexibility index (Phi) is 4.90. The van der Waals surface area contributed by atoms with E-state index in [1.807, 2.05) is 18.2 Å². The van der Waals surface area contributed by atoms with Gasteiger partial charge in [-0.25, -0.2) is 0 Å². The zero-order valence-electron chi connectivity index (χ0n) is 11.4. The van der Waals surface area contributed by atoms with Crippen LogP contribution in [-0.4, -0.2) is 18.2 Å². The summed E-state index contributed by atoms with van der Waals surface area (Å²) in [6.45, 7) is 0.330. The number of amidine groups is 1. The van der Waals surface area contributed by atoms with Gasteiger partial charge in [-0.05, 0) is 29.8 Å². The lowest BCUT2D eigenvalue weighted by atomic mass is 10.1.